The van der Waals surface area contributed by atoms with Crippen molar-refractivity contribution >= 4 is 22.9 Å². The van der Waals surface area contributed by atoms with Gasteiger partial charge in [-0.15, -0.1) is 0 Å². The van der Waals surface area contributed by atoms with Crippen LogP contribution in [-0.4, -0.2) is 34.1 Å². The Balaban J connectivity index is 1.24. The summed E-state index contributed by atoms with van der Waals surface area (Å²) in [6.07, 6.45) is 6.80. The summed E-state index contributed by atoms with van der Waals surface area (Å²) in [5.74, 6) is 1.53. The van der Waals surface area contributed by atoms with Crippen molar-refractivity contribution in [1.82, 2.24) is 14.9 Å². The molecule has 2 bridgehead atoms. The lowest BCUT2D eigenvalue weighted by atomic mass is 9.84. The second-order valence-corrected chi connectivity index (χ2v) is 7.72. The second-order valence-electron chi connectivity index (χ2n) is 7.72. The van der Waals surface area contributed by atoms with Gasteiger partial charge in [0, 0.05) is 6.04 Å². The number of imidazole rings is 1. The van der Waals surface area contributed by atoms with Crippen LogP contribution in [-0.2, 0) is 20.9 Å². The van der Waals surface area contributed by atoms with Gasteiger partial charge < -0.3 is 14.6 Å². The van der Waals surface area contributed by atoms with E-state index < -0.39 is 5.97 Å². The van der Waals surface area contributed by atoms with Gasteiger partial charge in [0.1, 0.15) is 6.54 Å². The first kappa shape index (κ1) is 17.1. The van der Waals surface area contributed by atoms with Crippen molar-refractivity contribution in [3.63, 3.8) is 0 Å². The van der Waals surface area contributed by atoms with Crippen molar-refractivity contribution in [3.8, 4) is 0 Å². The summed E-state index contributed by atoms with van der Waals surface area (Å²) in [4.78, 5) is 28.4. The summed E-state index contributed by atoms with van der Waals surface area (Å²) in [6.45, 7) is 1.90. The van der Waals surface area contributed by atoms with Crippen molar-refractivity contribution < 1.29 is 14.3 Å². The number of nitrogens with zero attached hydrogens (tertiary/aromatic N) is 2. The lowest BCUT2D eigenvalue weighted by Gasteiger charge is -2.28. The average molecular weight is 355 g/mol. The topological polar surface area (TPSA) is 73.2 Å². The minimum Gasteiger partial charge on any atom is -0.454 e. The minimum atomic E-state index is -0.434. The number of ether oxygens (including phenoxy) is 1. The molecule has 26 heavy (non-hydrogen) atoms. The van der Waals surface area contributed by atoms with Gasteiger partial charge in [-0.25, -0.2) is 4.98 Å². The summed E-state index contributed by atoms with van der Waals surface area (Å²) in [6, 6.07) is 7.74. The highest BCUT2D eigenvalue weighted by atomic mass is 16.5. The summed E-state index contributed by atoms with van der Waals surface area (Å²) < 4.78 is 6.88. The van der Waals surface area contributed by atoms with E-state index in [1.54, 1.807) is 10.9 Å². The Morgan fingerprint density at radius 3 is 2.92 bits per heavy atom. The van der Waals surface area contributed by atoms with Gasteiger partial charge in [-0.1, -0.05) is 18.6 Å². The Labute approximate surface area is 152 Å². The lowest BCUT2D eigenvalue weighted by molar-refractivity contribution is -0.149. The normalized spacial score (nSPS) is 25.3. The van der Waals surface area contributed by atoms with Crippen LogP contribution >= 0.6 is 0 Å². The Kier molecular flexibility index (Phi) is 4.66. The van der Waals surface area contributed by atoms with E-state index in [0.717, 1.165) is 22.9 Å². The number of nitrogens with one attached hydrogen (secondary N) is 1. The molecule has 0 aliphatic heterocycles. The molecule has 0 spiro atoms. The maximum absolute atomic E-state index is 12.1. The quantitative estimate of drug-likeness (QED) is 0.808. The molecule has 1 aromatic carbocycles. The van der Waals surface area contributed by atoms with Crippen LogP contribution in [0.25, 0.3) is 11.0 Å². The van der Waals surface area contributed by atoms with E-state index >= 15 is 0 Å². The smallest absolute Gasteiger partial charge is 0.326 e. The van der Waals surface area contributed by atoms with Crippen molar-refractivity contribution in [1.29, 1.82) is 0 Å². The molecule has 0 unspecified atom stereocenters. The molecule has 1 N–H and O–H groups in total. The average Bonchev–Trinajstić information content (AvgIpc) is 3.36. The molecule has 4 atom stereocenters. The summed E-state index contributed by atoms with van der Waals surface area (Å²) in [7, 11) is 0. The predicted octanol–water partition coefficient (Wildman–Crippen LogP) is 2.52. The van der Waals surface area contributed by atoms with Crippen LogP contribution in [0.15, 0.2) is 30.6 Å². The van der Waals surface area contributed by atoms with E-state index in [2.05, 4.69) is 17.2 Å². The lowest BCUT2D eigenvalue weighted by Crippen LogP contribution is -2.42. The first-order valence-corrected chi connectivity index (χ1v) is 9.45. The Morgan fingerprint density at radius 2 is 2.15 bits per heavy atom. The third-order valence-corrected chi connectivity index (χ3v) is 6.01. The van der Waals surface area contributed by atoms with Crippen molar-refractivity contribution in [2.75, 3.05) is 6.61 Å². The minimum absolute atomic E-state index is 0.0513. The molecule has 138 valence electrons. The fourth-order valence-electron chi connectivity index (χ4n) is 4.78. The zero-order valence-electron chi connectivity index (χ0n) is 15.1. The van der Waals surface area contributed by atoms with Gasteiger partial charge in [-0.3, -0.25) is 9.59 Å². The third kappa shape index (κ3) is 3.45. The molecule has 4 rings (SSSR count). The Hall–Kier alpha value is -2.37. The SMILES string of the molecule is C[C@H](NC(=O)COC(=O)Cn1cnc2ccccc21)[C@H]1C[C@H]2CC[C@H]1C2. The van der Waals surface area contributed by atoms with E-state index in [1.165, 1.54) is 25.7 Å². The monoisotopic (exact) mass is 355 g/mol. The molecule has 2 saturated carbocycles. The maximum Gasteiger partial charge on any atom is 0.326 e. The zero-order valence-corrected chi connectivity index (χ0v) is 15.1. The molecule has 2 aliphatic rings. The molecular formula is C20H25N3O3. The van der Waals surface area contributed by atoms with Crippen molar-refractivity contribution in [2.24, 2.45) is 17.8 Å². The first-order valence-electron chi connectivity index (χ1n) is 9.45. The summed E-state index contributed by atoms with van der Waals surface area (Å²) in [5.41, 5.74) is 1.71. The molecule has 2 aliphatic carbocycles. The van der Waals surface area contributed by atoms with Gasteiger partial charge in [0.15, 0.2) is 6.61 Å². The molecule has 1 heterocycles. The molecule has 6 heteroatoms. The molecule has 1 aromatic heterocycles. The number of rotatable bonds is 6. The largest absolute Gasteiger partial charge is 0.454 e. The standard InChI is InChI=1S/C20H25N3O3/c1-13(16-9-14-6-7-15(16)8-14)22-19(24)11-26-20(25)10-23-12-21-17-4-2-3-5-18(17)23/h2-5,12-16H,6-11H2,1H3,(H,22,24)/t13-,14-,15-,16+/m0/s1. The van der Waals surface area contributed by atoms with Gasteiger partial charge in [-0.2, -0.15) is 0 Å². The molecule has 1 amide bonds. The molecule has 6 nitrogen and oxygen atoms in total. The molecule has 2 aromatic rings. The van der Waals surface area contributed by atoms with E-state index in [0.29, 0.717) is 5.92 Å². The maximum atomic E-state index is 12.1. The number of para-hydroxylation sites is 2. The van der Waals surface area contributed by atoms with Crippen LogP contribution in [0.2, 0.25) is 0 Å². The number of amides is 1. The second kappa shape index (κ2) is 7.09. The summed E-state index contributed by atoms with van der Waals surface area (Å²) in [5, 5.41) is 3.02. The number of fused-ring (bicyclic) bond motifs is 3. The fourth-order valence-corrected chi connectivity index (χ4v) is 4.78. The highest BCUT2D eigenvalue weighted by molar-refractivity contribution is 5.82. The molecule has 2 fully saturated rings. The number of hydrogen-bond donors (Lipinski definition) is 1. The number of esters is 1. The van der Waals surface area contributed by atoms with Crippen molar-refractivity contribution in [2.45, 2.75) is 45.2 Å². The zero-order chi connectivity index (χ0) is 18.1. The van der Waals surface area contributed by atoms with Crippen LogP contribution in [0, 0.1) is 17.8 Å². The molecule has 0 saturated heterocycles. The highest BCUT2D eigenvalue weighted by Gasteiger charge is 2.42. The van der Waals surface area contributed by atoms with Gasteiger partial charge in [-0.05, 0) is 56.1 Å². The Morgan fingerprint density at radius 1 is 1.31 bits per heavy atom. The van der Waals surface area contributed by atoms with Gasteiger partial charge in [0.25, 0.3) is 5.91 Å². The Bertz CT molecular complexity index is 815. The van der Waals surface area contributed by atoms with Crippen LogP contribution in [0.1, 0.15) is 32.6 Å². The van der Waals surface area contributed by atoms with E-state index in [9.17, 15) is 9.59 Å². The number of hydrogen-bond acceptors (Lipinski definition) is 4. The first-order chi connectivity index (χ1) is 12.6. The number of aromatic nitrogens is 2. The van der Waals surface area contributed by atoms with Crippen LogP contribution in [0.3, 0.4) is 0 Å². The fraction of sp³-hybridized carbons (Fsp3) is 0.550. The van der Waals surface area contributed by atoms with Crippen LogP contribution in [0.4, 0.5) is 0 Å². The van der Waals surface area contributed by atoms with Crippen LogP contribution in [0.5, 0.6) is 0 Å². The van der Waals surface area contributed by atoms with Crippen molar-refractivity contribution in [3.05, 3.63) is 30.6 Å². The predicted molar refractivity (Wildman–Crippen MR) is 97.2 cm³/mol. The highest BCUT2D eigenvalue weighted by Crippen LogP contribution is 2.49. The van der Waals surface area contributed by atoms with Gasteiger partial charge in [0.05, 0.1) is 17.4 Å². The molecular weight excluding hydrogens is 330 g/mol. The van der Waals surface area contributed by atoms with E-state index in [4.69, 9.17) is 4.74 Å². The van der Waals surface area contributed by atoms with Gasteiger partial charge >= 0.3 is 5.97 Å². The van der Waals surface area contributed by atoms with Crippen LogP contribution < -0.4 is 5.32 Å². The van der Waals surface area contributed by atoms with E-state index in [-0.39, 0.29) is 25.1 Å². The van der Waals surface area contributed by atoms with Gasteiger partial charge in [0.2, 0.25) is 0 Å². The molecule has 0 radical (unpaired) electrons. The number of benzene rings is 1. The number of carbonyl (C=O) groups is 2. The van der Waals surface area contributed by atoms with E-state index in [1.807, 2.05) is 24.3 Å². The third-order valence-electron chi connectivity index (χ3n) is 6.01. The number of carbonyl (C=O) groups excluding carboxylic acids is 2. The summed E-state index contributed by atoms with van der Waals surface area (Å²) >= 11 is 0.